The monoisotopic (exact) mass is 187 g/mol. The molecule has 0 atom stereocenters. The van der Waals surface area contributed by atoms with Gasteiger partial charge in [-0.2, -0.15) is 5.26 Å². The molecule has 0 amide bonds. The highest BCUT2D eigenvalue weighted by molar-refractivity contribution is 6.47. The third-order valence-corrected chi connectivity index (χ3v) is 2.09. The molecule has 0 bridgehead atoms. The summed E-state index contributed by atoms with van der Waals surface area (Å²) in [5.41, 5.74) is 0. The van der Waals surface area contributed by atoms with Gasteiger partial charge in [-0.1, -0.05) is 12.1 Å². The molecule has 70 valence electrons. The Bertz CT molecular complexity index is 336. The molecular formula is C10H10BNO2. The molecule has 14 heavy (non-hydrogen) atoms. The highest BCUT2D eigenvalue weighted by Gasteiger charge is 2.30. The lowest BCUT2D eigenvalue weighted by molar-refractivity contribution is 0.493. The minimum atomic E-state index is -0.208. The number of unbranched alkanes of at least 4 members (excludes halogenated alkanes) is 1. The van der Waals surface area contributed by atoms with E-state index in [1.165, 1.54) is 0 Å². The van der Waals surface area contributed by atoms with Gasteiger partial charge < -0.3 is 9.31 Å². The van der Waals surface area contributed by atoms with E-state index in [-0.39, 0.29) is 7.12 Å². The molecule has 0 saturated carbocycles. The normalized spacial score (nSPS) is 12.6. The van der Waals surface area contributed by atoms with Crippen molar-refractivity contribution < 1.29 is 9.31 Å². The Balaban J connectivity index is 1.89. The van der Waals surface area contributed by atoms with Crippen molar-refractivity contribution in [2.75, 3.05) is 0 Å². The highest BCUT2D eigenvalue weighted by atomic mass is 16.6. The molecule has 0 unspecified atom stereocenters. The Morgan fingerprint density at radius 2 is 1.86 bits per heavy atom. The van der Waals surface area contributed by atoms with Crippen molar-refractivity contribution >= 4 is 7.12 Å². The molecular weight excluding hydrogens is 177 g/mol. The maximum Gasteiger partial charge on any atom is 0.594 e. The lowest BCUT2D eigenvalue weighted by Gasteiger charge is -2.01. The van der Waals surface area contributed by atoms with Gasteiger partial charge in [0.15, 0.2) is 0 Å². The predicted molar refractivity (Wildman–Crippen MR) is 53.1 cm³/mol. The number of benzene rings is 1. The van der Waals surface area contributed by atoms with Crippen LogP contribution in [0.2, 0.25) is 6.32 Å². The van der Waals surface area contributed by atoms with Gasteiger partial charge in [-0.25, -0.2) is 0 Å². The lowest BCUT2D eigenvalue weighted by atomic mass is 9.83. The van der Waals surface area contributed by atoms with Gasteiger partial charge in [-0.3, -0.25) is 0 Å². The Morgan fingerprint density at radius 3 is 2.43 bits per heavy atom. The Hall–Kier alpha value is -1.63. The van der Waals surface area contributed by atoms with Gasteiger partial charge >= 0.3 is 7.12 Å². The molecule has 0 N–H and O–H groups in total. The molecule has 1 heterocycles. The Kier molecular flexibility index (Phi) is 2.59. The van der Waals surface area contributed by atoms with Crippen molar-refractivity contribution in [1.82, 2.24) is 0 Å². The van der Waals surface area contributed by atoms with Crippen LogP contribution in [0.4, 0.5) is 0 Å². The van der Waals surface area contributed by atoms with E-state index in [1.54, 1.807) is 0 Å². The topological polar surface area (TPSA) is 42.2 Å². The van der Waals surface area contributed by atoms with Crippen LogP contribution in [0, 0.1) is 11.3 Å². The van der Waals surface area contributed by atoms with E-state index < -0.39 is 0 Å². The summed E-state index contributed by atoms with van der Waals surface area (Å²) in [6, 6.07) is 9.71. The number of hydrogen-bond acceptors (Lipinski definition) is 3. The van der Waals surface area contributed by atoms with Crippen LogP contribution in [0.3, 0.4) is 0 Å². The molecule has 0 aliphatic carbocycles. The SMILES string of the molecule is N#CCCCB1Oc2ccccc2O1. The first-order chi connectivity index (χ1) is 6.90. The summed E-state index contributed by atoms with van der Waals surface area (Å²) in [7, 11) is -0.208. The van der Waals surface area contributed by atoms with Crippen molar-refractivity contribution in [3.05, 3.63) is 24.3 Å². The average molecular weight is 187 g/mol. The number of rotatable bonds is 3. The van der Waals surface area contributed by atoms with Crippen LogP contribution in [0.5, 0.6) is 11.5 Å². The van der Waals surface area contributed by atoms with E-state index in [2.05, 4.69) is 6.07 Å². The van der Waals surface area contributed by atoms with Gasteiger partial charge in [0.25, 0.3) is 0 Å². The van der Waals surface area contributed by atoms with E-state index in [4.69, 9.17) is 14.6 Å². The largest absolute Gasteiger partial charge is 0.594 e. The maximum absolute atomic E-state index is 8.38. The van der Waals surface area contributed by atoms with Crippen LogP contribution in [-0.2, 0) is 0 Å². The van der Waals surface area contributed by atoms with Crippen molar-refractivity contribution in [2.24, 2.45) is 0 Å². The fraction of sp³-hybridized carbons (Fsp3) is 0.300. The third kappa shape index (κ3) is 1.82. The second-order valence-corrected chi connectivity index (χ2v) is 3.16. The smallest absolute Gasteiger partial charge is 0.523 e. The summed E-state index contributed by atoms with van der Waals surface area (Å²) in [4.78, 5) is 0. The first kappa shape index (κ1) is 8.95. The summed E-state index contributed by atoms with van der Waals surface area (Å²) in [6.07, 6.45) is 2.14. The van der Waals surface area contributed by atoms with Crippen LogP contribution in [0.15, 0.2) is 24.3 Å². The zero-order valence-corrected chi connectivity index (χ0v) is 7.77. The summed E-state index contributed by atoms with van der Waals surface area (Å²) < 4.78 is 11.0. The molecule has 0 aromatic heterocycles. The zero-order chi connectivity index (χ0) is 9.80. The van der Waals surface area contributed by atoms with Crippen LogP contribution in [0.1, 0.15) is 12.8 Å². The van der Waals surface area contributed by atoms with E-state index in [0.29, 0.717) is 6.42 Å². The zero-order valence-electron chi connectivity index (χ0n) is 7.77. The molecule has 1 aliphatic rings. The van der Waals surface area contributed by atoms with Crippen LogP contribution >= 0.6 is 0 Å². The van der Waals surface area contributed by atoms with Crippen molar-refractivity contribution in [3.63, 3.8) is 0 Å². The first-order valence-corrected chi connectivity index (χ1v) is 4.69. The van der Waals surface area contributed by atoms with Crippen LogP contribution in [0.25, 0.3) is 0 Å². The molecule has 3 nitrogen and oxygen atoms in total. The molecule has 2 rings (SSSR count). The number of nitrogens with zero attached hydrogens (tertiary/aromatic N) is 1. The predicted octanol–water partition coefficient (Wildman–Crippen LogP) is 2.25. The summed E-state index contributed by atoms with van der Waals surface area (Å²) in [5.74, 6) is 1.60. The first-order valence-electron chi connectivity index (χ1n) is 4.69. The molecule has 1 aliphatic heterocycles. The molecule has 0 radical (unpaired) electrons. The fourth-order valence-electron chi connectivity index (χ4n) is 1.42. The second kappa shape index (κ2) is 4.06. The lowest BCUT2D eigenvalue weighted by Crippen LogP contribution is -2.23. The van der Waals surface area contributed by atoms with Gasteiger partial charge in [0.1, 0.15) is 11.5 Å². The minimum Gasteiger partial charge on any atom is -0.523 e. The van der Waals surface area contributed by atoms with Crippen LogP contribution in [-0.4, -0.2) is 7.12 Å². The summed E-state index contributed by atoms with van der Waals surface area (Å²) in [6.45, 7) is 0. The number of nitriles is 1. The van der Waals surface area contributed by atoms with Gasteiger partial charge in [0, 0.05) is 12.7 Å². The van der Waals surface area contributed by atoms with Gasteiger partial charge in [-0.05, 0) is 18.6 Å². The molecule has 0 spiro atoms. The van der Waals surface area contributed by atoms with Crippen LogP contribution < -0.4 is 9.31 Å². The van der Waals surface area contributed by atoms with E-state index in [0.717, 1.165) is 24.2 Å². The van der Waals surface area contributed by atoms with Gasteiger partial charge in [-0.15, -0.1) is 0 Å². The van der Waals surface area contributed by atoms with Crippen molar-refractivity contribution in [1.29, 1.82) is 5.26 Å². The molecule has 0 saturated heterocycles. The number of para-hydroxylation sites is 2. The highest BCUT2D eigenvalue weighted by Crippen LogP contribution is 2.33. The minimum absolute atomic E-state index is 0.208. The maximum atomic E-state index is 8.38. The second-order valence-electron chi connectivity index (χ2n) is 3.16. The van der Waals surface area contributed by atoms with E-state index in [1.807, 2.05) is 24.3 Å². The standard InChI is InChI=1S/C10H10BNO2/c12-8-4-3-7-11-13-9-5-1-2-6-10(9)14-11/h1-2,5-6H,3-4,7H2. The third-order valence-electron chi connectivity index (χ3n) is 2.09. The molecule has 1 aromatic carbocycles. The number of hydrogen-bond donors (Lipinski definition) is 0. The van der Waals surface area contributed by atoms with E-state index >= 15 is 0 Å². The van der Waals surface area contributed by atoms with Gasteiger partial charge in [0.2, 0.25) is 0 Å². The molecule has 0 fully saturated rings. The van der Waals surface area contributed by atoms with E-state index in [9.17, 15) is 0 Å². The molecule has 1 aromatic rings. The Morgan fingerprint density at radius 1 is 1.21 bits per heavy atom. The quantitative estimate of drug-likeness (QED) is 0.538. The Labute approximate surface area is 83.4 Å². The number of fused-ring (bicyclic) bond motifs is 1. The van der Waals surface area contributed by atoms with Gasteiger partial charge in [0.05, 0.1) is 6.07 Å². The average Bonchev–Trinajstić information content (AvgIpc) is 2.60. The summed E-state index contributed by atoms with van der Waals surface area (Å²) in [5, 5.41) is 8.38. The van der Waals surface area contributed by atoms with Crippen molar-refractivity contribution in [3.8, 4) is 17.6 Å². The fourth-order valence-corrected chi connectivity index (χ4v) is 1.42. The molecule has 4 heteroatoms. The van der Waals surface area contributed by atoms with Crippen molar-refractivity contribution in [2.45, 2.75) is 19.2 Å². The summed E-state index contributed by atoms with van der Waals surface area (Å²) >= 11 is 0.